The number of nitrogens with one attached hydrogen (secondary N) is 1. The van der Waals surface area contributed by atoms with Crippen LogP contribution < -0.4 is 10.9 Å². The van der Waals surface area contributed by atoms with E-state index in [4.69, 9.17) is 0 Å². The van der Waals surface area contributed by atoms with Crippen LogP contribution in [0.1, 0.15) is 0 Å². The maximum absolute atomic E-state index is 13.1. The van der Waals surface area contributed by atoms with Crippen LogP contribution in [0.4, 0.5) is 17.6 Å². The van der Waals surface area contributed by atoms with Gasteiger partial charge in [0.25, 0.3) is 5.56 Å². The summed E-state index contributed by atoms with van der Waals surface area (Å²) in [4.78, 5) is 27.2. The fourth-order valence-electron chi connectivity index (χ4n) is 1.65. The quantitative estimate of drug-likeness (QED) is 0.867. The average molecular weight is 303 g/mol. The molecule has 0 radical (unpaired) electrons. The van der Waals surface area contributed by atoms with Gasteiger partial charge in [-0.3, -0.25) is 14.2 Å². The number of halogens is 4. The van der Waals surface area contributed by atoms with E-state index in [2.05, 4.69) is 4.98 Å². The van der Waals surface area contributed by atoms with E-state index >= 15 is 0 Å². The highest BCUT2D eigenvalue weighted by Gasteiger charge is 2.27. The van der Waals surface area contributed by atoms with Crippen molar-refractivity contribution in [1.29, 1.82) is 0 Å². The van der Waals surface area contributed by atoms with Crippen LogP contribution in [0.2, 0.25) is 0 Å². The van der Waals surface area contributed by atoms with Gasteiger partial charge in [-0.2, -0.15) is 13.2 Å². The molecule has 0 aliphatic heterocycles. The Morgan fingerprint density at radius 1 is 1.33 bits per heavy atom. The van der Waals surface area contributed by atoms with Crippen LogP contribution in [0.25, 0.3) is 10.9 Å². The van der Waals surface area contributed by atoms with Gasteiger partial charge in [0.15, 0.2) is 0 Å². The molecular formula is C12H9F4N3O2. The van der Waals surface area contributed by atoms with Gasteiger partial charge in [0, 0.05) is 0 Å². The van der Waals surface area contributed by atoms with E-state index in [1.54, 1.807) is 5.32 Å². The van der Waals surface area contributed by atoms with Crippen molar-refractivity contribution in [2.45, 2.75) is 12.7 Å². The molecule has 1 amide bonds. The number of alkyl halides is 3. The first kappa shape index (κ1) is 14.9. The van der Waals surface area contributed by atoms with Crippen molar-refractivity contribution in [3.8, 4) is 0 Å². The number of amides is 1. The van der Waals surface area contributed by atoms with Crippen LogP contribution in [0.3, 0.4) is 0 Å². The number of carbonyl (C=O) groups excluding carboxylic acids is 1. The molecule has 1 N–H and O–H groups in total. The van der Waals surface area contributed by atoms with Gasteiger partial charge in [0.05, 0.1) is 17.2 Å². The number of rotatable bonds is 3. The van der Waals surface area contributed by atoms with E-state index in [1.807, 2.05) is 0 Å². The molecule has 9 heteroatoms. The fourth-order valence-corrected chi connectivity index (χ4v) is 1.65. The molecular weight excluding hydrogens is 294 g/mol. The van der Waals surface area contributed by atoms with Crippen molar-refractivity contribution in [2.24, 2.45) is 0 Å². The number of hydrogen-bond donors (Lipinski definition) is 1. The molecule has 1 aromatic carbocycles. The Bertz CT molecular complexity index is 739. The summed E-state index contributed by atoms with van der Waals surface area (Å²) >= 11 is 0. The Hall–Kier alpha value is -2.45. The van der Waals surface area contributed by atoms with Crippen LogP contribution in [0, 0.1) is 5.82 Å². The van der Waals surface area contributed by atoms with Crippen molar-refractivity contribution in [1.82, 2.24) is 14.9 Å². The summed E-state index contributed by atoms with van der Waals surface area (Å²) in [6.07, 6.45) is -3.51. The van der Waals surface area contributed by atoms with Crippen molar-refractivity contribution in [3.05, 3.63) is 40.7 Å². The minimum atomic E-state index is -4.54. The predicted molar refractivity (Wildman–Crippen MR) is 65.0 cm³/mol. The predicted octanol–water partition coefficient (Wildman–Crippen LogP) is 1.21. The first-order chi connectivity index (χ1) is 9.76. The van der Waals surface area contributed by atoms with Crippen molar-refractivity contribution in [3.63, 3.8) is 0 Å². The van der Waals surface area contributed by atoms with Gasteiger partial charge in [0.1, 0.15) is 18.9 Å². The maximum atomic E-state index is 13.1. The van der Waals surface area contributed by atoms with Gasteiger partial charge >= 0.3 is 6.18 Å². The highest BCUT2D eigenvalue weighted by Crippen LogP contribution is 2.12. The molecule has 0 fully saturated rings. The molecule has 0 aliphatic rings. The lowest BCUT2D eigenvalue weighted by Crippen LogP contribution is -2.37. The van der Waals surface area contributed by atoms with Crippen LogP contribution in [0.5, 0.6) is 0 Å². The van der Waals surface area contributed by atoms with Crippen molar-refractivity contribution in [2.75, 3.05) is 6.54 Å². The third kappa shape index (κ3) is 3.77. The molecule has 1 heterocycles. The summed E-state index contributed by atoms with van der Waals surface area (Å²) in [6.45, 7) is -2.12. The topological polar surface area (TPSA) is 64.0 Å². The number of aromatic nitrogens is 2. The third-order valence-corrected chi connectivity index (χ3v) is 2.59. The summed E-state index contributed by atoms with van der Waals surface area (Å²) in [6, 6.07) is 3.37. The molecule has 2 rings (SSSR count). The molecule has 112 valence electrons. The monoisotopic (exact) mass is 303 g/mol. The summed E-state index contributed by atoms with van der Waals surface area (Å²) < 4.78 is 49.7. The van der Waals surface area contributed by atoms with Gasteiger partial charge < -0.3 is 5.32 Å². The van der Waals surface area contributed by atoms with Crippen molar-refractivity contribution >= 4 is 16.8 Å². The smallest absolute Gasteiger partial charge is 0.345 e. The molecule has 2 aromatic rings. The Kier molecular flexibility index (Phi) is 3.92. The maximum Gasteiger partial charge on any atom is 0.405 e. The second-order valence-corrected chi connectivity index (χ2v) is 4.23. The highest BCUT2D eigenvalue weighted by atomic mass is 19.4. The van der Waals surface area contributed by atoms with Gasteiger partial charge in [-0.1, -0.05) is 0 Å². The average Bonchev–Trinajstić information content (AvgIpc) is 2.39. The van der Waals surface area contributed by atoms with Gasteiger partial charge in [-0.05, 0) is 18.2 Å². The number of nitrogens with zero attached hydrogens (tertiary/aromatic N) is 2. The third-order valence-electron chi connectivity index (χ3n) is 2.59. The lowest BCUT2D eigenvalue weighted by Gasteiger charge is -2.09. The largest absolute Gasteiger partial charge is 0.405 e. The number of carbonyl (C=O) groups is 1. The molecule has 0 unspecified atom stereocenters. The van der Waals surface area contributed by atoms with Crippen LogP contribution in [-0.4, -0.2) is 28.2 Å². The van der Waals surface area contributed by atoms with Crippen LogP contribution in [-0.2, 0) is 11.3 Å². The molecule has 21 heavy (non-hydrogen) atoms. The second kappa shape index (κ2) is 5.51. The summed E-state index contributed by atoms with van der Waals surface area (Å²) in [7, 11) is 0. The number of hydrogen-bond acceptors (Lipinski definition) is 3. The zero-order chi connectivity index (χ0) is 15.6. The minimum Gasteiger partial charge on any atom is -0.345 e. The first-order valence-corrected chi connectivity index (χ1v) is 5.74. The van der Waals surface area contributed by atoms with Crippen molar-refractivity contribution < 1.29 is 22.4 Å². The molecule has 5 nitrogen and oxygen atoms in total. The standard InChI is InChI=1S/C12H9F4N3O2/c13-7-1-2-9-8(3-7)11(21)19(6-18-9)4-10(20)17-5-12(14,15)16/h1-3,6H,4-5H2,(H,17,20). The van der Waals surface area contributed by atoms with Gasteiger partial charge in [-0.15, -0.1) is 0 Å². The Morgan fingerprint density at radius 3 is 2.71 bits per heavy atom. The summed E-state index contributed by atoms with van der Waals surface area (Å²) in [5, 5.41) is 1.58. The zero-order valence-electron chi connectivity index (χ0n) is 10.4. The SMILES string of the molecule is O=C(Cn1cnc2ccc(F)cc2c1=O)NCC(F)(F)F. The second-order valence-electron chi connectivity index (χ2n) is 4.23. The molecule has 1 aromatic heterocycles. The molecule has 0 aliphatic carbocycles. The van der Waals surface area contributed by atoms with Gasteiger partial charge in [0.2, 0.25) is 5.91 Å². The fraction of sp³-hybridized carbons (Fsp3) is 0.250. The minimum absolute atomic E-state index is 0.0545. The highest BCUT2D eigenvalue weighted by molar-refractivity contribution is 5.79. The summed E-state index contributed by atoms with van der Waals surface area (Å²) in [5.74, 6) is -1.65. The van der Waals surface area contributed by atoms with Crippen LogP contribution in [0.15, 0.2) is 29.3 Å². The summed E-state index contributed by atoms with van der Waals surface area (Å²) in [5.41, 5.74) is -0.477. The lowest BCUT2D eigenvalue weighted by atomic mass is 10.2. The normalized spacial score (nSPS) is 11.6. The van der Waals surface area contributed by atoms with Gasteiger partial charge in [-0.25, -0.2) is 9.37 Å². The van der Waals surface area contributed by atoms with Crippen LogP contribution >= 0.6 is 0 Å². The molecule has 0 bridgehead atoms. The van der Waals surface area contributed by atoms with E-state index in [9.17, 15) is 27.2 Å². The Labute approximate surface area is 115 Å². The Balaban J connectivity index is 2.21. The molecule has 0 saturated heterocycles. The van der Waals surface area contributed by atoms with E-state index in [0.717, 1.165) is 23.0 Å². The van der Waals surface area contributed by atoms with E-state index in [-0.39, 0.29) is 10.9 Å². The number of fused-ring (bicyclic) bond motifs is 1. The zero-order valence-corrected chi connectivity index (χ0v) is 10.4. The van der Waals surface area contributed by atoms with E-state index in [0.29, 0.717) is 0 Å². The first-order valence-electron chi connectivity index (χ1n) is 5.74. The molecule has 0 spiro atoms. The van der Waals surface area contributed by atoms with E-state index in [1.165, 1.54) is 6.07 Å². The number of benzene rings is 1. The Morgan fingerprint density at radius 2 is 2.05 bits per heavy atom. The molecule has 0 saturated carbocycles. The van der Waals surface area contributed by atoms with E-state index < -0.39 is 36.5 Å². The lowest BCUT2D eigenvalue weighted by molar-refractivity contribution is -0.138. The molecule has 0 atom stereocenters.